The minimum absolute atomic E-state index is 0.0332. The van der Waals surface area contributed by atoms with E-state index in [1.165, 1.54) is 0 Å². The Bertz CT molecular complexity index is 874. The van der Waals surface area contributed by atoms with Gasteiger partial charge in [-0.05, 0) is 42.2 Å². The van der Waals surface area contributed by atoms with Crippen molar-refractivity contribution >= 4 is 39.5 Å². The van der Waals surface area contributed by atoms with Gasteiger partial charge in [0.25, 0.3) is 0 Å². The monoisotopic (exact) mass is 459 g/mol. The van der Waals surface area contributed by atoms with E-state index >= 15 is 0 Å². The van der Waals surface area contributed by atoms with Crippen LogP contribution in [0.25, 0.3) is 11.1 Å². The third kappa shape index (κ3) is 4.10. The molecule has 0 radical (unpaired) electrons. The zero-order valence-corrected chi connectivity index (χ0v) is 17.9. The molecule has 0 aliphatic carbocycles. The molecule has 1 unspecified atom stereocenters. The number of amides is 2. The van der Waals surface area contributed by atoms with Gasteiger partial charge >= 0.3 is 0 Å². The van der Waals surface area contributed by atoms with E-state index < -0.39 is 0 Å². The van der Waals surface area contributed by atoms with Gasteiger partial charge in [-0.15, -0.1) is 11.8 Å². The fourth-order valence-corrected chi connectivity index (χ4v) is 5.32. The van der Waals surface area contributed by atoms with E-state index in [2.05, 4.69) is 33.0 Å². The lowest BCUT2D eigenvalue weighted by atomic mass is 10.0. The molecule has 1 atom stereocenters. The average Bonchev–Trinajstić information content (AvgIpc) is 3.28. The summed E-state index contributed by atoms with van der Waals surface area (Å²) >= 11 is 5.14. The Morgan fingerprint density at radius 3 is 2.68 bits per heavy atom. The van der Waals surface area contributed by atoms with Gasteiger partial charge in [-0.1, -0.05) is 28.1 Å². The Morgan fingerprint density at radius 1 is 1.11 bits per heavy atom. The van der Waals surface area contributed by atoms with Gasteiger partial charge in [-0.2, -0.15) is 0 Å². The molecule has 5 nitrogen and oxygen atoms in total. The average molecular weight is 460 g/mol. The Kier molecular flexibility index (Phi) is 6.01. The SMILES string of the molecule is O=C1CCCN1CCCN1C(=O)CSC1c1cnccc1-c1ccc(Br)cc1. The van der Waals surface area contributed by atoms with Crippen LogP contribution in [0.15, 0.2) is 47.2 Å². The first kappa shape index (κ1) is 19.5. The number of likely N-dealkylation sites (tertiary alicyclic amines) is 1. The molecule has 2 aliphatic heterocycles. The molecule has 2 saturated heterocycles. The Labute approximate surface area is 177 Å². The van der Waals surface area contributed by atoms with E-state index in [0.717, 1.165) is 47.1 Å². The fraction of sp³-hybridized carbons (Fsp3) is 0.381. The number of hydrogen-bond acceptors (Lipinski definition) is 4. The minimum Gasteiger partial charge on any atom is -0.343 e. The standard InChI is InChI=1S/C21H22BrN3O2S/c22-16-6-4-15(5-7-16)17-8-9-23-13-18(17)21-25(20(27)14-28-21)12-2-11-24-10-1-3-19(24)26/h4-9,13,21H,1-3,10-12,14H2. The van der Waals surface area contributed by atoms with Crippen LogP contribution in [0.1, 0.15) is 30.2 Å². The van der Waals surface area contributed by atoms with Crippen LogP contribution in [0.4, 0.5) is 0 Å². The summed E-state index contributed by atoms with van der Waals surface area (Å²) in [6.07, 6.45) is 6.10. The number of hydrogen-bond donors (Lipinski definition) is 0. The smallest absolute Gasteiger partial charge is 0.233 e. The van der Waals surface area contributed by atoms with Gasteiger partial charge < -0.3 is 9.80 Å². The van der Waals surface area contributed by atoms with Crippen molar-refractivity contribution in [3.8, 4) is 11.1 Å². The number of pyridine rings is 1. The highest BCUT2D eigenvalue weighted by atomic mass is 79.9. The highest BCUT2D eigenvalue weighted by Crippen LogP contribution is 2.42. The summed E-state index contributed by atoms with van der Waals surface area (Å²) in [6.45, 7) is 2.24. The maximum Gasteiger partial charge on any atom is 0.233 e. The molecule has 4 rings (SSSR count). The van der Waals surface area contributed by atoms with Crippen LogP contribution >= 0.6 is 27.7 Å². The molecular weight excluding hydrogens is 438 g/mol. The van der Waals surface area contributed by atoms with E-state index in [-0.39, 0.29) is 17.2 Å². The first-order valence-electron chi connectivity index (χ1n) is 9.52. The second kappa shape index (κ2) is 8.66. The van der Waals surface area contributed by atoms with Gasteiger partial charge in [-0.25, -0.2) is 0 Å². The molecule has 28 heavy (non-hydrogen) atoms. The first-order valence-corrected chi connectivity index (χ1v) is 11.4. The van der Waals surface area contributed by atoms with E-state index in [9.17, 15) is 9.59 Å². The molecule has 1 aromatic carbocycles. The van der Waals surface area contributed by atoms with Crippen molar-refractivity contribution in [2.45, 2.75) is 24.6 Å². The van der Waals surface area contributed by atoms with Gasteiger partial charge in [0.05, 0.1) is 5.75 Å². The maximum atomic E-state index is 12.5. The number of thioether (sulfide) groups is 1. The van der Waals surface area contributed by atoms with E-state index in [1.807, 2.05) is 34.2 Å². The molecule has 0 bridgehead atoms. The van der Waals surface area contributed by atoms with Crippen molar-refractivity contribution < 1.29 is 9.59 Å². The number of benzene rings is 1. The lowest BCUT2D eigenvalue weighted by molar-refractivity contribution is -0.128. The summed E-state index contributed by atoms with van der Waals surface area (Å²) in [5, 5.41) is -0.0332. The molecule has 1 aromatic heterocycles. The number of aromatic nitrogens is 1. The summed E-state index contributed by atoms with van der Waals surface area (Å²) in [7, 11) is 0. The lowest BCUT2D eigenvalue weighted by Crippen LogP contribution is -2.33. The molecule has 7 heteroatoms. The fourth-order valence-electron chi connectivity index (χ4n) is 3.82. The van der Waals surface area contributed by atoms with Gasteiger partial charge in [0.15, 0.2) is 0 Å². The van der Waals surface area contributed by atoms with Gasteiger partial charge in [0, 0.05) is 48.5 Å². The van der Waals surface area contributed by atoms with Crippen molar-refractivity contribution in [1.82, 2.24) is 14.8 Å². The van der Waals surface area contributed by atoms with Crippen LogP contribution in [-0.2, 0) is 9.59 Å². The number of rotatable bonds is 6. The van der Waals surface area contributed by atoms with Crippen molar-refractivity contribution in [2.24, 2.45) is 0 Å². The lowest BCUT2D eigenvalue weighted by Gasteiger charge is -2.26. The molecular formula is C21H22BrN3O2S. The zero-order chi connectivity index (χ0) is 19.5. The molecule has 2 fully saturated rings. The Hall–Kier alpha value is -1.86. The Morgan fingerprint density at radius 2 is 1.93 bits per heavy atom. The summed E-state index contributed by atoms with van der Waals surface area (Å²) < 4.78 is 1.04. The van der Waals surface area contributed by atoms with Crippen LogP contribution in [0, 0.1) is 0 Å². The van der Waals surface area contributed by atoms with Gasteiger partial charge in [-0.3, -0.25) is 14.6 Å². The molecule has 2 amide bonds. The molecule has 2 aliphatic rings. The third-order valence-electron chi connectivity index (χ3n) is 5.24. The highest BCUT2D eigenvalue weighted by molar-refractivity contribution is 9.10. The number of halogens is 1. The molecule has 0 spiro atoms. The van der Waals surface area contributed by atoms with E-state index in [4.69, 9.17) is 0 Å². The molecule has 0 N–H and O–H groups in total. The summed E-state index contributed by atoms with van der Waals surface area (Å²) in [5.74, 6) is 0.888. The van der Waals surface area contributed by atoms with Crippen LogP contribution in [0.3, 0.4) is 0 Å². The van der Waals surface area contributed by atoms with Crippen molar-refractivity contribution in [3.05, 3.63) is 52.8 Å². The minimum atomic E-state index is -0.0332. The molecule has 0 saturated carbocycles. The van der Waals surface area contributed by atoms with Crippen LogP contribution in [0.2, 0.25) is 0 Å². The van der Waals surface area contributed by atoms with Crippen LogP contribution in [-0.4, -0.2) is 52.0 Å². The van der Waals surface area contributed by atoms with Crippen molar-refractivity contribution in [1.29, 1.82) is 0 Å². The van der Waals surface area contributed by atoms with Crippen LogP contribution in [0.5, 0.6) is 0 Å². The van der Waals surface area contributed by atoms with Gasteiger partial charge in [0.1, 0.15) is 5.37 Å². The van der Waals surface area contributed by atoms with Gasteiger partial charge in [0.2, 0.25) is 11.8 Å². The quantitative estimate of drug-likeness (QED) is 0.652. The highest BCUT2D eigenvalue weighted by Gasteiger charge is 2.34. The predicted octanol–water partition coefficient (Wildman–Crippen LogP) is 4.10. The number of carbonyl (C=O) groups excluding carboxylic acids is 2. The summed E-state index contributed by atoms with van der Waals surface area (Å²) in [6, 6.07) is 10.2. The van der Waals surface area contributed by atoms with Crippen molar-refractivity contribution in [3.63, 3.8) is 0 Å². The number of carbonyl (C=O) groups is 2. The zero-order valence-electron chi connectivity index (χ0n) is 15.5. The normalized spacial score (nSPS) is 19.7. The van der Waals surface area contributed by atoms with E-state index in [1.54, 1.807) is 18.0 Å². The molecule has 2 aromatic rings. The van der Waals surface area contributed by atoms with E-state index in [0.29, 0.717) is 18.7 Å². The van der Waals surface area contributed by atoms with Crippen molar-refractivity contribution in [2.75, 3.05) is 25.4 Å². The second-order valence-corrected chi connectivity index (χ2v) is 9.04. The summed E-state index contributed by atoms with van der Waals surface area (Å²) in [5.41, 5.74) is 3.29. The Balaban J connectivity index is 1.52. The molecule has 3 heterocycles. The van der Waals surface area contributed by atoms with Crippen LogP contribution < -0.4 is 0 Å². The third-order valence-corrected chi connectivity index (χ3v) is 7.01. The topological polar surface area (TPSA) is 53.5 Å². The number of nitrogens with zero attached hydrogens (tertiary/aromatic N) is 3. The second-order valence-electron chi connectivity index (χ2n) is 7.06. The largest absolute Gasteiger partial charge is 0.343 e. The summed E-state index contributed by atoms with van der Waals surface area (Å²) in [4.78, 5) is 32.5. The predicted molar refractivity (Wildman–Crippen MR) is 115 cm³/mol. The first-order chi connectivity index (χ1) is 13.6. The maximum absolute atomic E-state index is 12.5. The molecule has 146 valence electrons.